The molecular weight excluding hydrogens is 334 g/mol. The lowest BCUT2D eigenvalue weighted by molar-refractivity contribution is 0.775. The van der Waals surface area contributed by atoms with Crippen LogP contribution in [-0.4, -0.2) is 13.1 Å². The van der Waals surface area contributed by atoms with Gasteiger partial charge in [-0.25, -0.2) is 0 Å². The molecule has 20 heavy (non-hydrogen) atoms. The van der Waals surface area contributed by atoms with Crippen LogP contribution in [0.15, 0.2) is 53.0 Å². The van der Waals surface area contributed by atoms with Gasteiger partial charge in [-0.2, -0.15) is 0 Å². The van der Waals surface area contributed by atoms with Crippen LogP contribution in [0.4, 0.5) is 5.69 Å². The van der Waals surface area contributed by atoms with Gasteiger partial charge in [-0.3, -0.25) is 0 Å². The molecule has 1 atom stereocenters. The van der Waals surface area contributed by atoms with Crippen molar-refractivity contribution in [1.29, 1.82) is 0 Å². The predicted octanol–water partition coefficient (Wildman–Crippen LogP) is 5.18. The lowest BCUT2D eigenvalue weighted by Crippen LogP contribution is -2.20. The van der Waals surface area contributed by atoms with E-state index in [4.69, 9.17) is 11.6 Å². The average molecular weight is 351 g/mol. The largest absolute Gasteiger partial charge is 0.371 e. The van der Waals surface area contributed by atoms with E-state index in [0.29, 0.717) is 11.8 Å². The van der Waals surface area contributed by atoms with E-state index in [0.717, 1.165) is 17.6 Å². The summed E-state index contributed by atoms with van der Waals surface area (Å²) in [5.74, 6) is 1.18. The standard InChI is InChI=1S/C17H17BrClN/c18-16-6-7-17(15(10-16)11-19)20-9-8-14(12-20)13-4-2-1-3-5-13/h1-7,10,14H,8-9,11-12H2. The molecular formula is C17H17BrClN. The molecule has 0 radical (unpaired) electrons. The summed E-state index contributed by atoms with van der Waals surface area (Å²) in [5.41, 5.74) is 3.93. The van der Waals surface area contributed by atoms with Crippen LogP contribution in [0, 0.1) is 0 Å². The van der Waals surface area contributed by atoms with Gasteiger partial charge in [-0.15, -0.1) is 11.6 Å². The van der Waals surface area contributed by atoms with Gasteiger partial charge in [0, 0.05) is 35.0 Å². The molecule has 104 valence electrons. The van der Waals surface area contributed by atoms with Crippen LogP contribution in [0.2, 0.25) is 0 Å². The van der Waals surface area contributed by atoms with Gasteiger partial charge in [0.2, 0.25) is 0 Å². The third-order valence-electron chi connectivity index (χ3n) is 3.99. The minimum atomic E-state index is 0.557. The topological polar surface area (TPSA) is 3.24 Å². The van der Waals surface area contributed by atoms with E-state index in [-0.39, 0.29) is 0 Å². The minimum Gasteiger partial charge on any atom is -0.371 e. The Hall–Kier alpha value is -0.990. The monoisotopic (exact) mass is 349 g/mol. The molecule has 1 saturated heterocycles. The van der Waals surface area contributed by atoms with Crippen molar-refractivity contribution in [3.63, 3.8) is 0 Å². The first-order valence-corrected chi connectivity index (χ1v) is 8.25. The maximum absolute atomic E-state index is 6.09. The Kier molecular flexibility index (Phi) is 4.32. The molecule has 1 heterocycles. The molecule has 3 heteroatoms. The molecule has 1 nitrogen and oxygen atoms in total. The van der Waals surface area contributed by atoms with Crippen LogP contribution >= 0.6 is 27.5 Å². The summed E-state index contributed by atoms with van der Waals surface area (Å²) in [5, 5.41) is 0. The van der Waals surface area contributed by atoms with Crippen molar-refractivity contribution in [2.45, 2.75) is 18.2 Å². The van der Waals surface area contributed by atoms with Crippen LogP contribution in [0.5, 0.6) is 0 Å². The van der Waals surface area contributed by atoms with E-state index in [1.54, 1.807) is 0 Å². The van der Waals surface area contributed by atoms with Crippen molar-refractivity contribution in [3.8, 4) is 0 Å². The Labute approximate surface area is 133 Å². The number of alkyl halides is 1. The molecule has 0 aromatic heterocycles. The van der Waals surface area contributed by atoms with E-state index < -0.39 is 0 Å². The number of hydrogen-bond acceptors (Lipinski definition) is 1. The first-order valence-electron chi connectivity index (χ1n) is 6.92. The van der Waals surface area contributed by atoms with E-state index in [1.807, 2.05) is 0 Å². The van der Waals surface area contributed by atoms with E-state index in [1.165, 1.54) is 23.2 Å². The van der Waals surface area contributed by atoms with E-state index >= 15 is 0 Å². The highest BCUT2D eigenvalue weighted by atomic mass is 79.9. The second-order valence-electron chi connectivity index (χ2n) is 5.25. The van der Waals surface area contributed by atoms with E-state index in [2.05, 4.69) is 69.4 Å². The number of benzene rings is 2. The quantitative estimate of drug-likeness (QED) is 0.689. The van der Waals surface area contributed by atoms with Crippen molar-refractivity contribution < 1.29 is 0 Å². The summed E-state index contributed by atoms with van der Waals surface area (Å²) >= 11 is 9.61. The zero-order valence-electron chi connectivity index (χ0n) is 11.2. The third-order valence-corrected chi connectivity index (χ3v) is 4.77. The second kappa shape index (κ2) is 6.19. The van der Waals surface area contributed by atoms with Gasteiger partial charge in [0.05, 0.1) is 0 Å². The van der Waals surface area contributed by atoms with Gasteiger partial charge >= 0.3 is 0 Å². The van der Waals surface area contributed by atoms with Crippen molar-refractivity contribution in [2.75, 3.05) is 18.0 Å². The Morgan fingerprint density at radius 1 is 1.15 bits per heavy atom. The SMILES string of the molecule is ClCc1cc(Br)ccc1N1CCC(c2ccccc2)C1. The number of hydrogen-bond donors (Lipinski definition) is 0. The second-order valence-corrected chi connectivity index (χ2v) is 6.43. The van der Waals surface area contributed by atoms with Gasteiger partial charge in [0.15, 0.2) is 0 Å². The Morgan fingerprint density at radius 3 is 2.70 bits per heavy atom. The predicted molar refractivity (Wildman–Crippen MR) is 89.7 cm³/mol. The van der Waals surface area contributed by atoms with Gasteiger partial charge in [0.1, 0.15) is 0 Å². The summed E-state index contributed by atoms with van der Waals surface area (Å²) in [7, 11) is 0. The highest BCUT2D eigenvalue weighted by Gasteiger charge is 2.25. The fourth-order valence-electron chi connectivity index (χ4n) is 2.95. The number of anilines is 1. The van der Waals surface area contributed by atoms with Crippen LogP contribution in [0.25, 0.3) is 0 Å². The zero-order valence-corrected chi connectivity index (χ0v) is 13.6. The van der Waals surface area contributed by atoms with Crippen molar-refractivity contribution in [1.82, 2.24) is 0 Å². The molecule has 1 fully saturated rings. The van der Waals surface area contributed by atoms with E-state index in [9.17, 15) is 0 Å². The summed E-state index contributed by atoms with van der Waals surface area (Å²) in [6, 6.07) is 17.2. The normalized spacial score (nSPS) is 18.5. The number of halogens is 2. The van der Waals surface area contributed by atoms with Crippen molar-refractivity contribution in [2.24, 2.45) is 0 Å². The summed E-state index contributed by atoms with van der Waals surface area (Å²) in [4.78, 5) is 2.46. The Balaban J connectivity index is 1.81. The highest BCUT2D eigenvalue weighted by Crippen LogP contribution is 2.34. The summed E-state index contributed by atoms with van der Waals surface area (Å²) < 4.78 is 1.09. The molecule has 2 aromatic rings. The number of rotatable bonds is 3. The Bertz CT molecular complexity index is 585. The third kappa shape index (κ3) is 2.87. The fraction of sp³-hybridized carbons (Fsp3) is 0.294. The molecule has 0 amide bonds. The molecule has 1 unspecified atom stereocenters. The fourth-order valence-corrected chi connectivity index (χ4v) is 3.57. The van der Waals surface area contributed by atoms with Crippen LogP contribution in [0.1, 0.15) is 23.5 Å². The maximum atomic E-state index is 6.09. The molecule has 1 aliphatic rings. The molecule has 0 aliphatic carbocycles. The van der Waals surface area contributed by atoms with Crippen LogP contribution in [-0.2, 0) is 5.88 Å². The summed E-state index contributed by atoms with van der Waals surface area (Å²) in [6.45, 7) is 2.18. The van der Waals surface area contributed by atoms with Gasteiger partial charge in [-0.05, 0) is 35.7 Å². The maximum Gasteiger partial charge on any atom is 0.0494 e. The van der Waals surface area contributed by atoms with Crippen molar-refractivity contribution in [3.05, 3.63) is 64.1 Å². The lowest BCUT2D eigenvalue weighted by Gasteiger charge is -2.22. The molecule has 0 N–H and O–H groups in total. The first-order chi connectivity index (χ1) is 9.78. The molecule has 0 bridgehead atoms. The molecule has 2 aromatic carbocycles. The molecule has 3 rings (SSSR count). The number of nitrogens with zero attached hydrogens (tertiary/aromatic N) is 1. The van der Waals surface area contributed by atoms with Gasteiger partial charge < -0.3 is 4.90 Å². The van der Waals surface area contributed by atoms with Crippen molar-refractivity contribution >= 4 is 33.2 Å². The zero-order chi connectivity index (χ0) is 13.9. The highest BCUT2D eigenvalue weighted by molar-refractivity contribution is 9.10. The minimum absolute atomic E-state index is 0.557. The molecule has 0 spiro atoms. The summed E-state index contributed by atoms with van der Waals surface area (Å²) in [6.07, 6.45) is 1.21. The van der Waals surface area contributed by atoms with Gasteiger partial charge in [0.25, 0.3) is 0 Å². The van der Waals surface area contributed by atoms with Crippen LogP contribution < -0.4 is 4.90 Å². The lowest BCUT2D eigenvalue weighted by atomic mass is 9.99. The molecule has 0 saturated carbocycles. The Morgan fingerprint density at radius 2 is 1.95 bits per heavy atom. The molecule has 1 aliphatic heterocycles. The average Bonchev–Trinajstić information content (AvgIpc) is 2.97. The van der Waals surface area contributed by atoms with Gasteiger partial charge in [-0.1, -0.05) is 46.3 Å². The first kappa shape index (κ1) is 14.0. The smallest absolute Gasteiger partial charge is 0.0494 e. The van der Waals surface area contributed by atoms with Crippen LogP contribution in [0.3, 0.4) is 0 Å².